The van der Waals surface area contributed by atoms with E-state index in [9.17, 15) is 13.2 Å². The molecule has 1 amide bonds. The predicted octanol–water partition coefficient (Wildman–Crippen LogP) is 1.25. The molecule has 0 bridgehead atoms. The Balaban J connectivity index is 1.59. The van der Waals surface area contributed by atoms with Crippen molar-refractivity contribution >= 4 is 21.7 Å². The maximum absolute atomic E-state index is 12.7. The van der Waals surface area contributed by atoms with Crippen molar-refractivity contribution < 1.29 is 13.2 Å². The number of anilines is 1. The first-order chi connectivity index (χ1) is 14.0. The minimum Gasteiger partial charge on any atom is -0.355 e. The van der Waals surface area contributed by atoms with Crippen LogP contribution in [0.2, 0.25) is 0 Å². The fraction of sp³-hybridized carbons (Fsp3) is 0.700. The summed E-state index contributed by atoms with van der Waals surface area (Å²) >= 11 is 0. The highest BCUT2D eigenvalue weighted by Crippen LogP contribution is 2.22. The minimum absolute atomic E-state index is 0.179. The lowest BCUT2D eigenvalue weighted by Gasteiger charge is -2.25. The number of amides is 1. The van der Waals surface area contributed by atoms with E-state index < -0.39 is 10.0 Å². The van der Waals surface area contributed by atoms with Crippen LogP contribution in [-0.4, -0.2) is 92.3 Å². The van der Waals surface area contributed by atoms with Crippen LogP contribution in [0.4, 0.5) is 5.82 Å². The number of sulfonamides is 1. The van der Waals surface area contributed by atoms with Crippen molar-refractivity contribution in [2.75, 3.05) is 63.8 Å². The molecule has 0 radical (unpaired) electrons. The third-order valence-electron chi connectivity index (χ3n) is 5.81. The molecule has 2 aliphatic heterocycles. The molecule has 2 fully saturated rings. The minimum atomic E-state index is -3.43. The van der Waals surface area contributed by atoms with Gasteiger partial charge in [-0.3, -0.25) is 9.69 Å². The summed E-state index contributed by atoms with van der Waals surface area (Å²) in [6, 6.07) is 3.47. The number of nitrogens with zero attached hydrogens (tertiary/aromatic N) is 5. The first-order valence-electron chi connectivity index (χ1n) is 10.7. The second-order valence-corrected chi connectivity index (χ2v) is 9.58. The van der Waals surface area contributed by atoms with Crippen molar-refractivity contribution in [3.05, 3.63) is 18.3 Å². The Bertz CT molecular complexity index is 774. The molecule has 0 unspecified atom stereocenters. The van der Waals surface area contributed by atoms with Crippen LogP contribution in [0.15, 0.2) is 23.2 Å². The number of carbonyl (C=O) groups excluding carboxylic acids is 1. The van der Waals surface area contributed by atoms with E-state index in [0.717, 1.165) is 64.3 Å². The van der Waals surface area contributed by atoms with Crippen LogP contribution in [0.25, 0.3) is 0 Å². The monoisotopic (exact) mass is 423 g/mol. The fourth-order valence-corrected chi connectivity index (χ4v) is 5.48. The quantitative estimate of drug-likeness (QED) is 0.657. The zero-order chi connectivity index (χ0) is 20.9. The van der Waals surface area contributed by atoms with Gasteiger partial charge in [-0.05, 0) is 45.2 Å². The van der Waals surface area contributed by atoms with Gasteiger partial charge in [-0.15, -0.1) is 0 Å². The molecule has 2 aliphatic rings. The first-order valence-corrected chi connectivity index (χ1v) is 12.1. The van der Waals surface area contributed by atoms with Crippen LogP contribution >= 0.6 is 0 Å². The number of pyridine rings is 1. The van der Waals surface area contributed by atoms with Crippen molar-refractivity contribution in [1.29, 1.82) is 0 Å². The molecule has 0 atom stereocenters. The highest BCUT2D eigenvalue weighted by molar-refractivity contribution is 7.89. The lowest BCUT2D eigenvalue weighted by molar-refractivity contribution is -0.132. The zero-order valence-corrected chi connectivity index (χ0v) is 18.4. The van der Waals surface area contributed by atoms with Gasteiger partial charge in [0.05, 0.1) is 6.54 Å². The summed E-state index contributed by atoms with van der Waals surface area (Å²) in [5, 5.41) is 0. The molecule has 3 heterocycles. The number of aromatic nitrogens is 1. The lowest BCUT2D eigenvalue weighted by Crippen LogP contribution is -2.41. The summed E-state index contributed by atoms with van der Waals surface area (Å²) in [6.45, 7) is 10.4. The van der Waals surface area contributed by atoms with Crippen LogP contribution in [0.3, 0.4) is 0 Å². The first kappa shape index (κ1) is 22.0. The molecule has 0 spiro atoms. The van der Waals surface area contributed by atoms with Crippen LogP contribution in [0, 0.1) is 0 Å². The Morgan fingerprint density at radius 3 is 2.34 bits per heavy atom. The fourth-order valence-electron chi connectivity index (χ4n) is 4.02. The van der Waals surface area contributed by atoms with E-state index in [1.807, 2.05) is 18.7 Å². The topological polar surface area (TPSA) is 77.1 Å². The van der Waals surface area contributed by atoms with Gasteiger partial charge in [0, 0.05) is 58.6 Å². The molecule has 0 N–H and O–H groups in total. The number of hydrogen-bond acceptors (Lipinski definition) is 6. The molecular weight excluding hydrogens is 390 g/mol. The summed E-state index contributed by atoms with van der Waals surface area (Å²) < 4.78 is 26.9. The Morgan fingerprint density at radius 1 is 1.00 bits per heavy atom. The van der Waals surface area contributed by atoms with Crippen molar-refractivity contribution in [3.8, 4) is 0 Å². The molecule has 1 aromatic rings. The largest absolute Gasteiger partial charge is 0.355 e. The molecule has 2 saturated heterocycles. The Hall–Kier alpha value is -1.71. The average Bonchev–Trinajstić information content (AvgIpc) is 3.18. The van der Waals surface area contributed by atoms with E-state index in [1.165, 1.54) is 6.20 Å². The molecule has 29 heavy (non-hydrogen) atoms. The molecule has 0 aromatic carbocycles. The third kappa shape index (κ3) is 5.26. The maximum Gasteiger partial charge on any atom is 0.244 e. The molecule has 9 heteroatoms. The van der Waals surface area contributed by atoms with E-state index in [4.69, 9.17) is 0 Å². The molecule has 162 valence electrons. The van der Waals surface area contributed by atoms with Gasteiger partial charge in [-0.1, -0.05) is 0 Å². The smallest absolute Gasteiger partial charge is 0.244 e. The Kier molecular flexibility index (Phi) is 7.48. The van der Waals surface area contributed by atoms with Gasteiger partial charge in [0.2, 0.25) is 15.9 Å². The van der Waals surface area contributed by atoms with Gasteiger partial charge < -0.3 is 9.80 Å². The van der Waals surface area contributed by atoms with Crippen molar-refractivity contribution in [3.63, 3.8) is 0 Å². The maximum atomic E-state index is 12.7. The van der Waals surface area contributed by atoms with Gasteiger partial charge >= 0.3 is 0 Å². The summed E-state index contributed by atoms with van der Waals surface area (Å²) in [5.74, 6) is 0.973. The number of carbonyl (C=O) groups is 1. The average molecular weight is 424 g/mol. The molecule has 8 nitrogen and oxygen atoms in total. The Morgan fingerprint density at radius 2 is 1.72 bits per heavy atom. The number of likely N-dealkylation sites (N-methyl/N-ethyl adjacent to an activating group) is 1. The van der Waals surface area contributed by atoms with Crippen LogP contribution in [0.5, 0.6) is 0 Å². The van der Waals surface area contributed by atoms with Crippen molar-refractivity contribution in [2.24, 2.45) is 0 Å². The SMILES string of the molecule is CCN(CC)C(=O)CN1CCCN(c2ccc(S(=O)(=O)N3CCCC3)cn2)CC1. The summed E-state index contributed by atoms with van der Waals surface area (Å²) in [7, 11) is -3.43. The number of hydrogen-bond donors (Lipinski definition) is 0. The highest BCUT2D eigenvalue weighted by Gasteiger charge is 2.27. The van der Waals surface area contributed by atoms with E-state index in [-0.39, 0.29) is 10.8 Å². The number of rotatable bonds is 7. The van der Waals surface area contributed by atoms with Gasteiger partial charge in [0.25, 0.3) is 0 Å². The lowest BCUT2D eigenvalue weighted by atomic mass is 10.3. The molecule has 0 aliphatic carbocycles. The summed E-state index contributed by atoms with van der Waals surface area (Å²) in [6.07, 6.45) is 4.27. The van der Waals surface area contributed by atoms with Crippen molar-refractivity contribution in [1.82, 2.24) is 19.1 Å². The normalized spacial score (nSPS) is 19.3. The standard InChI is InChI=1S/C20H33N5O3S/c1-3-23(4-2)20(26)17-22-10-7-11-24(15-14-22)19-9-8-18(16-21-19)29(27,28)25-12-5-6-13-25/h8-9,16H,3-7,10-15,17H2,1-2H3. The predicted molar refractivity (Wildman–Crippen MR) is 113 cm³/mol. The summed E-state index contributed by atoms with van der Waals surface area (Å²) in [5.41, 5.74) is 0. The van der Waals surface area contributed by atoms with E-state index in [2.05, 4.69) is 14.8 Å². The Labute approximate surface area is 174 Å². The van der Waals surface area contributed by atoms with E-state index in [1.54, 1.807) is 16.4 Å². The second-order valence-electron chi connectivity index (χ2n) is 7.65. The van der Waals surface area contributed by atoms with Crippen LogP contribution in [-0.2, 0) is 14.8 Å². The highest BCUT2D eigenvalue weighted by atomic mass is 32.2. The van der Waals surface area contributed by atoms with Crippen LogP contribution in [0.1, 0.15) is 33.1 Å². The van der Waals surface area contributed by atoms with Crippen molar-refractivity contribution in [2.45, 2.75) is 38.0 Å². The van der Waals surface area contributed by atoms with Gasteiger partial charge in [0.1, 0.15) is 10.7 Å². The zero-order valence-electron chi connectivity index (χ0n) is 17.6. The second kappa shape index (κ2) is 9.86. The molecule has 0 saturated carbocycles. The van der Waals surface area contributed by atoms with E-state index in [0.29, 0.717) is 19.6 Å². The van der Waals surface area contributed by atoms with Gasteiger partial charge in [-0.2, -0.15) is 4.31 Å². The van der Waals surface area contributed by atoms with E-state index >= 15 is 0 Å². The molecular formula is C20H33N5O3S. The molecule has 1 aromatic heterocycles. The van der Waals surface area contributed by atoms with Gasteiger partial charge in [-0.25, -0.2) is 13.4 Å². The summed E-state index contributed by atoms with van der Waals surface area (Å²) in [4.78, 5) is 23.3. The van der Waals surface area contributed by atoms with Crippen LogP contribution < -0.4 is 4.90 Å². The third-order valence-corrected chi connectivity index (χ3v) is 7.69. The van der Waals surface area contributed by atoms with Gasteiger partial charge in [0.15, 0.2) is 0 Å². The molecule has 3 rings (SSSR count).